The Balaban J connectivity index is 2.75. The summed E-state index contributed by atoms with van der Waals surface area (Å²) < 4.78 is 0. The highest BCUT2D eigenvalue weighted by Gasteiger charge is 2.28. The Labute approximate surface area is 87.5 Å². The molecule has 1 rings (SSSR count). The van der Waals surface area contributed by atoms with Gasteiger partial charge in [-0.05, 0) is 50.2 Å². The van der Waals surface area contributed by atoms with Gasteiger partial charge in [0.1, 0.15) is 0 Å². The van der Waals surface area contributed by atoms with Crippen LogP contribution in [0.5, 0.6) is 0 Å². The lowest BCUT2D eigenvalue weighted by Gasteiger charge is -2.33. The fraction of sp³-hybridized carbons (Fsp3) is 0.769. The zero-order chi connectivity index (χ0) is 10.4. The van der Waals surface area contributed by atoms with Gasteiger partial charge in [-0.25, -0.2) is 0 Å². The summed E-state index contributed by atoms with van der Waals surface area (Å²) in [5, 5.41) is 9.09. The van der Waals surface area contributed by atoms with Gasteiger partial charge in [0.15, 0.2) is 0 Å². The largest absolute Gasteiger partial charge is 0.396 e. The highest BCUT2D eigenvalue weighted by atomic mass is 16.3. The van der Waals surface area contributed by atoms with E-state index < -0.39 is 0 Å². The van der Waals surface area contributed by atoms with Crippen molar-refractivity contribution in [3.63, 3.8) is 0 Å². The van der Waals surface area contributed by atoms with E-state index in [0.29, 0.717) is 6.61 Å². The standard InChI is InChI=1S/C13H22O/c1-12(2)6-9-13(10-11-14)7-4-3-5-8-13/h9,14H,3-5,7-8,10-11H2,1-2H3. The molecule has 0 bridgehead atoms. The first kappa shape index (κ1) is 11.6. The van der Waals surface area contributed by atoms with Crippen LogP contribution in [0.4, 0.5) is 0 Å². The van der Waals surface area contributed by atoms with Crippen molar-refractivity contribution in [2.24, 2.45) is 5.41 Å². The van der Waals surface area contributed by atoms with E-state index in [4.69, 9.17) is 5.11 Å². The van der Waals surface area contributed by atoms with Crippen LogP contribution in [0, 0.1) is 5.41 Å². The number of aliphatic hydroxyl groups excluding tert-OH is 1. The third kappa shape index (κ3) is 3.32. The maximum Gasteiger partial charge on any atom is 0.0439 e. The van der Waals surface area contributed by atoms with Gasteiger partial charge >= 0.3 is 0 Å². The van der Waals surface area contributed by atoms with Crippen molar-refractivity contribution in [2.45, 2.75) is 52.4 Å². The van der Waals surface area contributed by atoms with Crippen LogP contribution in [0.25, 0.3) is 0 Å². The van der Waals surface area contributed by atoms with E-state index in [0.717, 1.165) is 6.42 Å². The van der Waals surface area contributed by atoms with E-state index in [-0.39, 0.29) is 5.41 Å². The van der Waals surface area contributed by atoms with Crippen molar-refractivity contribution < 1.29 is 5.11 Å². The molecule has 0 aliphatic heterocycles. The molecule has 1 N–H and O–H groups in total. The number of aliphatic hydroxyl groups is 1. The molecule has 0 atom stereocenters. The average Bonchev–Trinajstić information content (AvgIpc) is 2.17. The van der Waals surface area contributed by atoms with Crippen LogP contribution in [0.2, 0.25) is 0 Å². The van der Waals surface area contributed by atoms with Crippen molar-refractivity contribution >= 4 is 0 Å². The summed E-state index contributed by atoms with van der Waals surface area (Å²) in [6, 6.07) is 0. The second-order valence-corrected chi connectivity index (χ2v) is 4.69. The zero-order valence-electron chi connectivity index (χ0n) is 9.47. The molecule has 0 amide bonds. The molecule has 0 radical (unpaired) electrons. The van der Waals surface area contributed by atoms with E-state index in [1.165, 1.54) is 37.7 Å². The predicted molar refractivity (Wildman–Crippen MR) is 60.2 cm³/mol. The minimum Gasteiger partial charge on any atom is -0.396 e. The molecule has 0 heterocycles. The van der Waals surface area contributed by atoms with Crippen LogP contribution >= 0.6 is 0 Å². The van der Waals surface area contributed by atoms with Gasteiger partial charge in [0.05, 0.1) is 0 Å². The molecule has 80 valence electrons. The average molecular weight is 194 g/mol. The first-order valence-corrected chi connectivity index (χ1v) is 5.70. The molecule has 1 saturated carbocycles. The van der Waals surface area contributed by atoms with Crippen molar-refractivity contribution in [1.29, 1.82) is 0 Å². The van der Waals surface area contributed by atoms with Crippen molar-refractivity contribution in [1.82, 2.24) is 0 Å². The highest BCUT2D eigenvalue weighted by Crippen LogP contribution is 2.40. The molecule has 0 unspecified atom stereocenters. The Hall–Kier alpha value is -0.520. The zero-order valence-corrected chi connectivity index (χ0v) is 9.47. The molecule has 1 heteroatoms. The minimum absolute atomic E-state index is 0.254. The molecular formula is C13H22O. The fourth-order valence-electron chi connectivity index (χ4n) is 2.24. The lowest BCUT2D eigenvalue weighted by molar-refractivity contribution is 0.175. The molecule has 1 fully saturated rings. The third-order valence-corrected chi connectivity index (χ3v) is 3.13. The maximum atomic E-state index is 9.09. The van der Waals surface area contributed by atoms with Crippen LogP contribution in [0.3, 0.4) is 0 Å². The van der Waals surface area contributed by atoms with Crippen LogP contribution in [-0.4, -0.2) is 11.7 Å². The summed E-state index contributed by atoms with van der Waals surface area (Å²) in [7, 11) is 0. The van der Waals surface area contributed by atoms with Crippen molar-refractivity contribution in [2.75, 3.05) is 6.61 Å². The third-order valence-electron chi connectivity index (χ3n) is 3.13. The summed E-state index contributed by atoms with van der Waals surface area (Å²) in [4.78, 5) is 0. The van der Waals surface area contributed by atoms with Crippen molar-refractivity contribution in [3.8, 4) is 0 Å². The quantitative estimate of drug-likeness (QED) is 0.682. The first-order chi connectivity index (χ1) is 6.68. The molecule has 0 saturated heterocycles. The summed E-state index contributed by atoms with van der Waals surface area (Å²) in [5.74, 6) is 0. The van der Waals surface area contributed by atoms with Crippen molar-refractivity contribution in [3.05, 3.63) is 17.4 Å². The highest BCUT2D eigenvalue weighted by molar-refractivity contribution is 5.04. The second-order valence-electron chi connectivity index (χ2n) is 4.69. The second kappa shape index (κ2) is 5.38. The van der Waals surface area contributed by atoms with Gasteiger partial charge in [-0.15, -0.1) is 5.73 Å². The molecule has 1 aliphatic rings. The van der Waals surface area contributed by atoms with Gasteiger partial charge in [-0.1, -0.05) is 19.3 Å². The van der Waals surface area contributed by atoms with Crippen LogP contribution < -0.4 is 0 Å². The van der Waals surface area contributed by atoms with Gasteiger partial charge < -0.3 is 5.11 Å². The van der Waals surface area contributed by atoms with Gasteiger partial charge in [-0.2, -0.15) is 0 Å². The Bertz CT molecular complexity index is 218. The Kier molecular flexibility index (Phi) is 4.44. The Morgan fingerprint density at radius 1 is 1.29 bits per heavy atom. The van der Waals surface area contributed by atoms with E-state index >= 15 is 0 Å². The topological polar surface area (TPSA) is 20.2 Å². The number of hydrogen-bond donors (Lipinski definition) is 1. The molecule has 0 aromatic heterocycles. The van der Waals surface area contributed by atoms with Gasteiger partial charge in [-0.3, -0.25) is 0 Å². The molecule has 1 aliphatic carbocycles. The van der Waals surface area contributed by atoms with Crippen LogP contribution in [-0.2, 0) is 0 Å². The molecule has 14 heavy (non-hydrogen) atoms. The molecule has 0 aromatic carbocycles. The molecule has 0 spiro atoms. The SMILES string of the molecule is CC(C)=C=CC1(CCO)CCCCC1. The molecule has 1 nitrogen and oxygen atoms in total. The lowest BCUT2D eigenvalue weighted by atomic mass is 9.72. The van der Waals surface area contributed by atoms with Gasteiger partial charge in [0, 0.05) is 6.61 Å². The van der Waals surface area contributed by atoms with Crippen LogP contribution in [0.15, 0.2) is 17.4 Å². The number of rotatable bonds is 3. The van der Waals surface area contributed by atoms with Gasteiger partial charge in [0.25, 0.3) is 0 Å². The summed E-state index contributed by atoms with van der Waals surface area (Å²) in [6.45, 7) is 4.46. The van der Waals surface area contributed by atoms with Gasteiger partial charge in [0.2, 0.25) is 0 Å². The summed E-state index contributed by atoms with van der Waals surface area (Å²) >= 11 is 0. The number of allylic oxidation sites excluding steroid dienone is 1. The lowest BCUT2D eigenvalue weighted by Crippen LogP contribution is -2.22. The Morgan fingerprint density at radius 2 is 1.93 bits per heavy atom. The Morgan fingerprint density at radius 3 is 2.43 bits per heavy atom. The maximum absolute atomic E-state index is 9.09. The van der Waals surface area contributed by atoms with E-state index in [1.807, 2.05) is 0 Å². The normalized spacial score (nSPS) is 19.9. The molecular weight excluding hydrogens is 172 g/mol. The van der Waals surface area contributed by atoms with E-state index in [2.05, 4.69) is 25.7 Å². The summed E-state index contributed by atoms with van der Waals surface area (Å²) in [5.41, 5.74) is 4.81. The number of hydrogen-bond acceptors (Lipinski definition) is 1. The van der Waals surface area contributed by atoms with E-state index in [1.54, 1.807) is 0 Å². The summed E-state index contributed by atoms with van der Waals surface area (Å²) in [6.07, 6.45) is 9.56. The molecule has 0 aromatic rings. The fourth-order valence-corrected chi connectivity index (χ4v) is 2.24. The minimum atomic E-state index is 0.254. The van der Waals surface area contributed by atoms with Crippen LogP contribution in [0.1, 0.15) is 52.4 Å². The smallest absolute Gasteiger partial charge is 0.0439 e. The first-order valence-electron chi connectivity index (χ1n) is 5.70. The monoisotopic (exact) mass is 194 g/mol. The predicted octanol–water partition coefficient (Wildman–Crippen LogP) is 3.44. The van der Waals surface area contributed by atoms with E-state index in [9.17, 15) is 0 Å².